The Labute approximate surface area is 124 Å². The number of methoxy groups -OCH3 is 2. The van der Waals surface area contributed by atoms with Crippen molar-refractivity contribution in [2.75, 3.05) is 20.8 Å². The van der Waals surface area contributed by atoms with Crippen molar-refractivity contribution in [1.29, 1.82) is 0 Å². The Bertz CT molecular complexity index is 422. The van der Waals surface area contributed by atoms with Crippen LogP contribution in [0.4, 0.5) is 0 Å². The zero-order valence-corrected chi connectivity index (χ0v) is 12.2. The monoisotopic (exact) mass is 300 g/mol. The van der Waals surface area contributed by atoms with Crippen molar-refractivity contribution in [2.45, 2.75) is 45.2 Å². The van der Waals surface area contributed by atoms with Crippen molar-refractivity contribution in [2.24, 2.45) is 0 Å². The van der Waals surface area contributed by atoms with E-state index in [1.807, 2.05) is 6.20 Å². The van der Waals surface area contributed by atoms with Crippen molar-refractivity contribution in [3.63, 3.8) is 0 Å². The van der Waals surface area contributed by atoms with Gasteiger partial charge in [-0.25, -0.2) is 4.98 Å². The Morgan fingerprint density at radius 2 is 2.30 bits per heavy atom. The first kappa shape index (κ1) is 17.1. The molecule has 1 saturated heterocycles. The summed E-state index contributed by atoms with van der Waals surface area (Å²) in [5.74, 6) is -0.172. The lowest BCUT2D eigenvalue weighted by atomic mass is 10.2. The van der Waals surface area contributed by atoms with Gasteiger partial charge < -0.3 is 14.8 Å². The van der Waals surface area contributed by atoms with Gasteiger partial charge in [-0.1, -0.05) is 7.43 Å². The van der Waals surface area contributed by atoms with E-state index in [2.05, 4.69) is 15.0 Å². The maximum absolute atomic E-state index is 11.1. The number of carbonyl (C=O) groups excluding carboxylic acids is 1. The number of aryl methyl sites for hydroxylation is 1. The number of aromatic nitrogens is 1. The number of nitrogens with zero attached hydrogens (tertiary/aromatic N) is 1. The summed E-state index contributed by atoms with van der Waals surface area (Å²) in [4.78, 5) is 16.7. The molecule has 0 aromatic carbocycles. The number of carbonyl (C=O) groups is 1. The van der Waals surface area contributed by atoms with Gasteiger partial charge in [-0.3, -0.25) is 4.79 Å². The molecule has 0 amide bonds. The Balaban J connectivity index is 0.00000200. The minimum atomic E-state index is -0.172. The fourth-order valence-corrected chi connectivity index (χ4v) is 3.28. The highest BCUT2D eigenvalue weighted by Gasteiger charge is 2.26. The third-order valence-electron chi connectivity index (χ3n) is 3.28. The van der Waals surface area contributed by atoms with Crippen molar-refractivity contribution in [1.82, 2.24) is 10.3 Å². The average Bonchev–Trinajstić information content (AvgIpc) is 3.05. The summed E-state index contributed by atoms with van der Waals surface area (Å²) >= 11 is 1.68. The lowest BCUT2D eigenvalue weighted by molar-refractivity contribution is -0.140. The van der Waals surface area contributed by atoms with Crippen molar-refractivity contribution >= 4 is 17.3 Å². The van der Waals surface area contributed by atoms with E-state index in [-0.39, 0.29) is 13.4 Å². The van der Waals surface area contributed by atoms with Crippen LogP contribution >= 0.6 is 11.3 Å². The van der Waals surface area contributed by atoms with Crippen LogP contribution in [0, 0.1) is 0 Å². The largest absolute Gasteiger partial charge is 0.469 e. The third-order valence-corrected chi connectivity index (χ3v) is 4.45. The first-order chi connectivity index (χ1) is 9.22. The Morgan fingerprint density at radius 3 is 3.00 bits per heavy atom. The molecule has 20 heavy (non-hydrogen) atoms. The van der Waals surface area contributed by atoms with Crippen LogP contribution in [0.5, 0.6) is 0 Å². The average molecular weight is 300 g/mol. The quantitative estimate of drug-likeness (QED) is 0.817. The zero-order chi connectivity index (χ0) is 13.7. The molecule has 0 spiro atoms. The van der Waals surface area contributed by atoms with Gasteiger partial charge in [0.2, 0.25) is 0 Å². The third kappa shape index (κ3) is 4.54. The lowest BCUT2D eigenvalue weighted by Crippen LogP contribution is -2.28. The Morgan fingerprint density at radius 1 is 1.50 bits per heavy atom. The first-order valence-corrected chi connectivity index (χ1v) is 7.31. The van der Waals surface area contributed by atoms with Gasteiger partial charge in [-0.15, -0.1) is 11.3 Å². The summed E-state index contributed by atoms with van der Waals surface area (Å²) in [7, 11) is 3.14. The van der Waals surface area contributed by atoms with Crippen LogP contribution in [0.3, 0.4) is 0 Å². The summed E-state index contributed by atoms with van der Waals surface area (Å²) in [6.07, 6.45) is 5.21. The number of thiazole rings is 1. The van der Waals surface area contributed by atoms with Gasteiger partial charge >= 0.3 is 5.97 Å². The molecule has 1 N–H and O–H groups in total. The van der Waals surface area contributed by atoms with Gasteiger partial charge in [0.25, 0.3) is 0 Å². The van der Waals surface area contributed by atoms with Crippen molar-refractivity contribution in [3.05, 3.63) is 16.1 Å². The Kier molecular flexibility index (Phi) is 7.12. The summed E-state index contributed by atoms with van der Waals surface area (Å²) in [6, 6.07) is 0.759. The molecule has 2 atom stereocenters. The smallest absolute Gasteiger partial charge is 0.305 e. The van der Waals surface area contributed by atoms with Crippen LogP contribution in [-0.2, 0) is 20.7 Å². The standard InChI is InChI=1S/C13H20N2O3S.CH4/c1-17-8-9-3-5-11(15-9)13-14-7-10(19-13)4-6-12(16)18-2;/h7,9,11,15H,3-6,8H2,1-2H3;1H4/t9-,11-;/m0./s1. The molecular weight excluding hydrogens is 276 g/mol. The molecular formula is C14H24N2O3S. The summed E-state index contributed by atoms with van der Waals surface area (Å²) in [5.41, 5.74) is 0. The fraction of sp³-hybridized carbons (Fsp3) is 0.714. The minimum absolute atomic E-state index is 0. The minimum Gasteiger partial charge on any atom is -0.469 e. The van der Waals surface area contributed by atoms with Crippen molar-refractivity contribution in [3.8, 4) is 0 Å². The molecule has 114 valence electrons. The van der Waals surface area contributed by atoms with E-state index in [0.29, 0.717) is 24.9 Å². The fourth-order valence-electron chi connectivity index (χ4n) is 2.27. The maximum Gasteiger partial charge on any atom is 0.305 e. The number of hydrogen-bond donors (Lipinski definition) is 1. The molecule has 6 heteroatoms. The topological polar surface area (TPSA) is 60.5 Å². The van der Waals surface area contributed by atoms with Gasteiger partial charge in [0.15, 0.2) is 0 Å². The molecule has 0 aliphatic carbocycles. The van der Waals surface area contributed by atoms with Crippen molar-refractivity contribution < 1.29 is 14.3 Å². The molecule has 1 aromatic rings. The van der Waals surface area contributed by atoms with E-state index in [1.54, 1.807) is 18.4 Å². The first-order valence-electron chi connectivity index (χ1n) is 6.49. The maximum atomic E-state index is 11.1. The summed E-state index contributed by atoms with van der Waals surface area (Å²) in [6.45, 7) is 0.747. The zero-order valence-electron chi connectivity index (χ0n) is 11.3. The van der Waals surface area contributed by atoms with E-state index in [4.69, 9.17) is 4.74 Å². The number of ether oxygens (including phenoxy) is 2. The van der Waals surface area contributed by atoms with Gasteiger partial charge in [-0.05, 0) is 19.3 Å². The summed E-state index contributed by atoms with van der Waals surface area (Å²) in [5, 5.41) is 4.64. The molecule has 0 saturated carbocycles. The van der Waals surface area contributed by atoms with E-state index >= 15 is 0 Å². The highest BCUT2D eigenvalue weighted by molar-refractivity contribution is 7.11. The molecule has 2 rings (SSSR count). The highest BCUT2D eigenvalue weighted by atomic mass is 32.1. The number of rotatable bonds is 6. The van der Waals surface area contributed by atoms with Gasteiger partial charge in [0.05, 0.1) is 26.2 Å². The SMILES string of the molecule is C.COC[C@@H]1CC[C@@H](c2ncc(CCC(=O)OC)s2)N1. The van der Waals surface area contributed by atoms with Crippen LogP contribution in [0.2, 0.25) is 0 Å². The molecule has 2 heterocycles. The molecule has 1 fully saturated rings. The van der Waals surface area contributed by atoms with Crippen LogP contribution in [0.25, 0.3) is 0 Å². The second-order valence-electron chi connectivity index (χ2n) is 4.69. The Hall–Kier alpha value is -0.980. The van der Waals surface area contributed by atoms with E-state index in [9.17, 15) is 4.79 Å². The molecule has 1 aromatic heterocycles. The van der Waals surface area contributed by atoms with Gasteiger partial charge in [0, 0.05) is 24.2 Å². The van der Waals surface area contributed by atoms with Crippen LogP contribution in [-0.4, -0.2) is 37.8 Å². The second kappa shape index (κ2) is 8.34. The summed E-state index contributed by atoms with van der Waals surface area (Å²) < 4.78 is 9.80. The van der Waals surface area contributed by atoms with E-state index < -0.39 is 0 Å². The molecule has 5 nitrogen and oxygen atoms in total. The molecule has 1 aliphatic rings. The van der Waals surface area contributed by atoms with E-state index in [1.165, 1.54) is 7.11 Å². The van der Waals surface area contributed by atoms with Gasteiger partial charge in [-0.2, -0.15) is 0 Å². The highest BCUT2D eigenvalue weighted by Crippen LogP contribution is 2.30. The predicted octanol–water partition coefficient (Wildman–Crippen LogP) is 2.32. The number of esters is 1. The second-order valence-corrected chi connectivity index (χ2v) is 5.84. The van der Waals surface area contributed by atoms with Crippen LogP contribution < -0.4 is 5.32 Å². The van der Waals surface area contributed by atoms with Crippen LogP contribution in [0.1, 0.15) is 42.6 Å². The molecule has 0 unspecified atom stereocenters. The molecule has 0 radical (unpaired) electrons. The van der Waals surface area contributed by atoms with Crippen LogP contribution in [0.15, 0.2) is 6.20 Å². The van der Waals surface area contributed by atoms with E-state index in [0.717, 1.165) is 29.3 Å². The molecule has 0 bridgehead atoms. The number of hydrogen-bond acceptors (Lipinski definition) is 6. The van der Waals surface area contributed by atoms with Gasteiger partial charge in [0.1, 0.15) is 5.01 Å². The normalized spacial score (nSPS) is 21.5. The number of nitrogens with one attached hydrogen (secondary N) is 1. The predicted molar refractivity (Wildman–Crippen MR) is 80.0 cm³/mol. The molecule has 1 aliphatic heterocycles. The lowest BCUT2D eigenvalue weighted by Gasteiger charge is -2.11.